The summed E-state index contributed by atoms with van der Waals surface area (Å²) in [4.78, 5) is 0. The van der Waals surface area contributed by atoms with Crippen molar-refractivity contribution < 1.29 is 21.7 Å². The van der Waals surface area contributed by atoms with Crippen molar-refractivity contribution in [3.8, 4) is 11.5 Å². The zero-order valence-electron chi connectivity index (χ0n) is 10.5. The molecule has 0 heterocycles. The smallest absolute Gasteiger partial charge is 0.170 e. The van der Waals surface area contributed by atoms with Crippen LogP contribution in [0.25, 0.3) is 0 Å². The van der Waals surface area contributed by atoms with Crippen molar-refractivity contribution in [3.05, 3.63) is 60.2 Å². The number of para-hydroxylation sites is 1. The van der Waals surface area contributed by atoms with Crippen LogP contribution in [0.15, 0.2) is 54.6 Å². The van der Waals surface area contributed by atoms with Crippen LogP contribution in [0.1, 0.15) is 5.56 Å². The van der Waals surface area contributed by atoms with Gasteiger partial charge in [-0.1, -0.05) is 24.3 Å². The number of hydrogen-bond donors (Lipinski definition) is 0. The fraction of sp³-hybridized carbons (Fsp3) is 0.133. The Labute approximate surface area is 114 Å². The zero-order valence-corrected chi connectivity index (χ0v) is 11.3. The third kappa shape index (κ3) is 4.22. The van der Waals surface area contributed by atoms with Crippen LogP contribution in [0.3, 0.4) is 0 Å². The fourth-order valence-electron chi connectivity index (χ4n) is 1.58. The van der Waals surface area contributed by atoms with Crippen molar-refractivity contribution in [1.82, 2.24) is 0 Å². The molecule has 0 atom stereocenters. The number of halogens is 1. The van der Waals surface area contributed by atoms with Gasteiger partial charge in [0.05, 0.1) is 0 Å². The number of nitrogens with zero attached hydrogens (tertiary/aromatic N) is 1. The van der Waals surface area contributed by atoms with Gasteiger partial charge in [0, 0.05) is 5.56 Å². The van der Waals surface area contributed by atoms with E-state index in [2.05, 4.69) is 12.3 Å². The van der Waals surface area contributed by atoms with Crippen molar-refractivity contribution in [2.45, 2.75) is 0 Å². The summed E-state index contributed by atoms with van der Waals surface area (Å²) in [5.41, 5.74) is 1.13. The maximum Gasteiger partial charge on any atom is 0.170 e. The molecule has 0 aliphatic carbocycles. The standard InChI is InChI=1S/C15H16NO.ClH/c1-16(2)12-13-7-6-10-15(11-13)17-14-8-4-3-5-9-14;/h3-12H,1-2H3;1H/q+1;/p-1. The molecule has 94 valence electrons. The molecule has 2 rings (SSSR count). The van der Waals surface area contributed by atoms with Crippen LogP contribution in [0.5, 0.6) is 11.5 Å². The molecule has 0 radical (unpaired) electrons. The van der Waals surface area contributed by atoms with E-state index in [1.165, 1.54) is 0 Å². The first-order valence-corrected chi connectivity index (χ1v) is 5.58. The Bertz CT molecular complexity index is 519. The predicted octanol–water partition coefficient (Wildman–Crippen LogP) is 0.174. The highest BCUT2D eigenvalue weighted by molar-refractivity contribution is 5.76. The Morgan fingerprint density at radius 3 is 2.22 bits per heavy atom. The average molecular weight is 262 g/mol. The van der Waals surface area contributed by atoms with Crippen molar-refractivity contribution in [2.75, 3.05) is 14.1 Å². The number of ether oxygens (including phenoxy) is 1. The number of benzene rings is 2. The monoisotopic (exact) mass is 261 g/mol. The molecule has 0 aliphatic rings. The first-order chi connectivity index (χ1) is 8.24. The highest BCUT2D eigenvalue weighted by Crippen LogP contribution is 2.21. The van der Waals surface area contributed by atoms with Gasteiger partial charge in [0.1, 0.15) is 25.6 Å². The van der Waals surface area contributed by atoms with Crippen LogP contribution >= 0.6 is 0 Å². The maximum atomic E-state index is 5.76. The number of rotatable bonds is 3. The molecule has 18 heavy (non-hydrogen) atoms. The molecule has 0 spiro atoms. The van der Waals surface area contributed by atoms with E-state index in [4.69, 9.17) is 4.74 Å². The minimum atomic E-state index is 0. The molecule has 0 saturated carbocycles. The van der Waals surface area contributed by atoms with Crippen LogP contribution in [-0.2, 0) is 0 Å². The van der Waals surface area contributed by atoms with Crippen molar-refractivity contribution in [3.63, 3.8) is 0 Å². The van der Waals surface area contributed by atoms with E-state index in [1.807, 2.05) is 67.2 Å². The highest BCUT2D eigenvalue weighted by Gasteiger charge is 1.99. The molecule has 0 fully saturated rings. The molecular formula is C15H16ClNO. The second-order valence-corrected chi connectivity index (χ2v) is 4.08. The van der Waals surface area contributed by atoms with E-state index < -0.39 is 0 Å². The van der Waals surface area contributed by atoms with Crippen LogP contribution in [-0.4, -0.2) is 24.9 Å². The topological polar surface area (TPSA) is 12.2 Å². The molecule has 2 aromatic rings. The van der Waals surface area contributed by atoms with Crippen LogP contribution in [0.2, 0.25) is 0 Å². The van der Waals surface area contributed by atoms with E-state index >= 15 is 0 Å². The molecule has 0 N–H and O–H groups in total. The lowest BCUT2D eigenvalue weighted by Gasteiger charge is -2.05. The SMILES string of the molecule is C[N+](C)=Cc1cccc(Oc2ccccc2)c1.[Cl-]. The lowest BCUT2D eigenvalue weighted by molar-refractivity contribution is -0.458. The largest absolute Gasteiger partial charge is 1.00 e. The van der Waals surface area contributed by atoms with E-state index in [0.717, 1.165) is 17.1 Å². The Morgan fingerprint density at radius 1 is 0.889 bits per heavy atom. The molecule has 0 amide bonds. The van der Waals surface area contributed by atoms with Gasteiger partial charge in [-0.25, -0.2) is 4.58 Å². The average Bonchev–Trinajstić information content (AvgIpc) is 2.30. The minimum absolute atomic E-state index is 0. The normalized spacial score (nSPS) is 9.22. The first kappa shape index (κ1) is 14.3. The summed E-state index contributed by atoms with van der Waals surface area (Å²) in [6.45, 7) is 0. The lowest BCUT2D eigenvalue weighted by Crippen LogP contribution is -3.00. The third-order valence-corrected chi connectivity index (χ3v) is 2.24. The summed E-state index contributed by atoms with van der Waals surface area (Å²) < 4.78 is 7.78. The summed E-state index contributed by atoms with van der Waals surface area (Å²) in [6, 6.07) is 17.8. The van der Waals surface area contributed by atoms with Crippen molar-refractivity contribution in [2.24, 2.45) is 0 Å². The van der Waals surface area contributed by atoms with Gasteiger partial charge in [-0.05, 0) is 30.3 Å². The molecule has 2 aromatic carbocycles. The summed E-state index contributed by atoms with van der Waals surface area (Å²) in [5.74, 6) is 1.71. The zero-order chi connectivity index (χ0) is 12.1. The Morgan fingerprint density at radius 2 is 1.56 bits per heavy atom. The van der Waals surface area contributed by atoms with E-state index in [9.17, 15) is 0 Å². The predicted molar refractivity (Wildman–Crippen MR) is 70.2 cm³/mol. The van der Waals surface area contributed by atoms with Crippen LogP contribution in [0.4, 0.5) is 0 Å². The second-order valence-electron chi connectivity index (χ2n) is 4.08. The molecule has 0 bridgehead atoms. The summed E-state index contributed by atoms with van der Waals surface area (Å²) >= 11 is 0. The first-order valence-electron chi connectivity index (χ1n) is 5.58. The summed E-state index contributed by atoms with van der Waals surface area (Å²) in [6.07, 6.45) is 2.05. The molecular weight excluding hydrogens is 246 g/mol. The fourth-order valence-corrected chi connectivity index (χ4v) is 1.58. The molecule has 0 aromatic heterocycles. The highest BCUT2D eigenvalue weighted by atomic mass is 35.5. The van der Waals surface area contributed by atoms with Gasteiger partial charge in [0.25, 0.3) is 0 Å². The Hall–Kier alpha value is -1.80. The number of hydrogen-bond acceptors (Lipinski definition) is 1. The summed E-state index contributed by atoms with van der Waals surface area (Å²) in [5, 5.41) is 0. The summed E-state index contributed by atoms with van der Waals surface area (Å²) in [7, 11) is 4.01. The lowest BCUT2D eigenvalue weighted by atomic mass is 10.2. The van der Waals surface area contributed by atoms with Crippen LogP contribution < -0.4 is 17.1 Å². The van der Waals surface area contributed by atoms with E-state index in [-0.39, 0.29) is 12.4 Å². The second kappa shape index (κ2) is 6.82. The molecule has 3 heteroatoms. The minimum Gasteiger partial charge on any atom is -1.00 e. The van der Waals surface area contributed by atoms with Gasteiger partial charge in [-0.15, -0.1) is 0 Å². The van der Waals surface area contributed by atoms with Crippen molar-refractivity contribution in [1.29, 1.82) is 0 Å². The maximum absolute atomic E-state index is 5.76. The van der Waals surface area contributed by atoms with Gasteiger partial charge in [-0.2, -0.15) is 0 Å². The third-order valence-electron chi connectivity index (χ3n) is 2.24. The van der Waals surface area contributed by atoms with Gasteiger partial charge in [-0.3, -0.25) is 0 Å². The van der Waals surface area contributed by atoms with Crippen molar-refractivity contribution >= 4 is 6.21 Å². The van der Waals surface area contributed by atoms with Gasteiger partial charge in [0.15, 0.2) is 6.21 Å². The molecule has 0 unspecified atom stereocenters. The Balaban J connectivity index is 0.00000162. The molecule has 0 aliphatic heterocycles. The van der Waals surface area contributed by atoms with E-state index in [1.54, 1.807) is 0 Å². The van der Waals surface area contributed by atoms with Crippen LogP contribution in [0, 0.1) is 0 Å². The van der Waals surface area contributed by atoms with Gasteiger partial charge < -0.3 is 17.1 Å². The van der Waals surface area contributed by atoms with Gasteiger partial charge >= 0.3 is 0 Å². The quantitative estimate of drug-likeness (QED) is 0.567. The van der Waals surface area contributed by atoms with E-state index in [0.29, 0.717) is 0 Å². The Kier molecular flexibility index (Phi) is 5.40. The molecule has 2 nitrogen and oxygen atoms in total. The molecule has 0 saturated heterocycles. The van der Waals surface area contributed by atoms with Gasteiger partial charge in [0.2, 0.25) is 0 Å².